The topological polar surface area (TPSA) is 33.3 Å². The van der Waals surface area contributed by atoms with Crippen molar-refractivity contribution in [1.29, 1.82) is 0 Å². The van der Waals surface area contributed by atoms with Gasteiger partial charge in [0.15, 0.2) is 0 Å². The van der Waals surface area contributed by atoms with Gasteiger partial charge < -0.3 is 15.4 Å². The fourth-order valence-corrected chi connectivity index (χ4v) is 1.42. The Hall–Kier alpha value is -0.120. The number of ether oxygens (including phenoxy) is 1. The van der Waals surface area contributed by atoms with Gasteiger partial charge in [0.25, 0.3) is 0 Å². The van der Waals surface area contributed by atoms with Gasteiger partial charge in [-0.1, -0.05) is 6.92 Å². The molecule has 0 unspecified atom stereocenters. The van der Waals surface area contributed by atoms with E-state index >= 15 is 0 Å². The molecule has 72 valence electrons. The van der Waals surface area contributed by atoms with Crippen LogP contribution in [0.25, 0.3) is 0 Å². The normalized spacial score (nSPS) is 23.2. The summed E-state index contributed by atoms with van der Waals surface area (Å²) in [5.74, 6) is 0. The van der Waals surface area contributed by atoms with Crippen molar-refractivity contribution in [3.05, 3.63) is 0 Å². The third-order valence-electron chi connectivity index (χ3n) is 2.12. The van der Waals surface area contributed by atoms with Crippen molar-refractivity contribution in [3.63, 3.8) is 0 Å². The second-order valence-electron chi connectivity index (χ2n) is 3.19. The highest BCUT2D eigenvalue weighted by molar-refractivity contribution is 4.67. The first-order valence-corrected chi connectivity index (χ1v) is 4.96. The van der Waals surface area contributed by atoms with Crippen molar-refractivity contribution >= 4 is 0 Å². The lowest BCUT2D eigenvalue weighted by molar-refractivity contribution is 0.110. The summed E-state index contributed by atoms with van der Waals surface area (Å²) in [6.07, 6.45) is 2.94. The van der Waals surface area contributed by atoms with Gasteiger partial charge in [-0.3, -0.25) is 0 Å². The van der Waals surface area contributed by atoms with Gasteiger partial charge >= 0.3 is 0 Å². The van der Waals surface area contributed by atoms with Gasteiger partial charge in [-0.2, -0.15) is 0 Å². The number of likely N-dealkylation sites (N-methyl/N-ethyl adjacent to an activating group) is 1. The largest absolute Gasteiger partial charge is 0.377 e. The van der Waals surface area contributed by atoms with Crippen molar-refractivity contribution < 1.29 is 4.74 Å². The molecule has 0 radical (unpaired) electrons. The van der Waals surface area contributed by atoms with Crippen LogP contribution in [0.2, 0.25) is 0 Å². The van der Waals surface area contributed by atoms with Gasteiger partial charge in [0.05, 0.1) is 6.10 Å². The van der Waals surface area contributed by atoms with Crippen molar-refractivity contribution in [1.82, 2.24) is 10.6 Å². The van der Waals surface area contributed by atoms with E-state index in [1.165, 1.54) is 12.8 Å². The predicted octanol–water partition coefficient (Wildman–Crippen LogP) is 0.365. The monoisotopic (exact) mass is 172 g/mol. The lowest BCUT2D eigenvalue weighted by Gasteiger charge is -2.10. The second-order valence-corrected chi connectivity index (χ2v) is 3.19. The SMILES string of the molecule is CCNCCNC[C@@H]1CCCO1. The first-order chi connectivity index (χ1) is 5.93. The molecular formula is C9H20N2O. The van der Waals surface area contributed by atoms with Crippen LogP contribution in [0.3, 0.4) is 0 Å². The third kappa shape index (κ3) is 4.04. The van der Waals surface area contributed by atoms with E-state index in [4.69, 9.17) is 4.74 Å². The van der Waals surface area contributed by atoms with Crippen molar-refractivity contribution in [2.45, 2.75) is 25.9 Å². The molecule has 1 aliphatic rings. The Balaban J connectivity index is 1.81. The van der Waals surface area contributed by atoms with E-state index < -0.39 is 0 Å². The van der Waals surface area contributed by atoms with Gasteiger partial charge in [-0.05, 0) is 19.4 Å². The summed E-state index contributed by atoms with van der Waals surface area (Å²) in [5, 5.41) is 6.64. The molecule has 0 bridgehead atoms. The van der Waals surface area contributed by atoms with Crippen LogP contribution in [0.4, 0.5) is 0 Å². The standard InChI is InChI=1S/C9H20N2O/c1-2-10-5-6-11-8-9-4-3-7-12-9/h9-11H,2-8H2,1H3/t9-/m0/s1. The molecule has 0 aromatic heterocycles. The average molecular weight is 172 g/mol. The molecule has 0 aromatic rings. The molecule has 1 heterocycles. The average Bonchev–Trinajstić information content (AvgIpc) is 2.57. The van der Waals surface area contributed by atoms with E-state index in [2.05, 4.69) is 17.6 Å². The number of nitrogens with one attached hydrogen (secondary N) is 2. The van der Waals surface area contributed by atoms with Gasteiger partial charge in [-0.15, -0.1) is 0 Å². The maximum atomic E-state index is 5.48. The molecule has 1 saturated heterocycles. The Kier molecular flexibility index (Phi) is 5.32. The van der Waals surface area contributed by atoms with E-state index in [1.807, 2.05) is 0 Å². The fraction of sp³-hybridized carbons (Fsp3) is 1.00. The summed E-state index contributed by atoms with van der Waals surface area (Å²) in [6.45, 7) is 7.27. The Morgan fingerprint density at radius 1 is 1.33 bits per heavy atom. The highest BCUT2D eigenvalue weighted by atomic mass is 16.5. The summed E-state index contributed by atoms with van der Waals surface area (Å²) in [7, 11) is 0. The molecule has 1 aliphatic heterocycles. The Labute approximate surface area is 74.9 Å². The molecule has 12 heavy (non-hydrogen) atoms. The fourth-order valence-electron chi connectivity index (χ4n) is 1.42. The van der Waals surface area contributed by atoms with Gasteiger partial charge in [0, 0.05) is 26.2 Å². The molecule has 3 nitrogen and oxygen atoms in total. The quantitative estimate of drug-likeness (QED) is 0.568. The summed E-state index contributed by atoms with van der Waals surface area (Å²) >= 11 is 0. The van der Waals surface area contributed by atoms with Gasteiger partial charge in [0.2, 0.25) is 0 Å². The van der Waals surface area contributed by atoms with Crippen molar-refractivity contribution in [2.75, 3.05) is 32.8 Å². The minimum atomic E-state index is 0.478. The minimum Gasteiger partial charge on any atom is -0.377 e. The van der Waals surface area contributed by atoms with Crippen LogP contribution >= 0.6 is 0 Å². The number of rotatable bonds is 6. The third-order valence-corrected chi connectivity index (χ3v) is 2.12. The van der Waals surface area contributed by atoms with Crippen LogP contribution in [0.5, 0.6) is 0 Å². The smallest absolute Gasteiger partial charge is 0.0700 e. The van der Waals surface area contributed by atoms with E-state index in [1.54, 1.807) is 0 Å². The van der Waals surface area contributed by atoms with Crippen LogP contribution in [0.1, 0.15) is 19.8 Å². The minimum absolute atomic E-state index is 0.478. The predicted molar refractivity (Wildman–Crippen MR) is 50.4 cm³/mol. The van der Waals surface area contributed by atoms with Gasteiger partial charge in [-0.25, -0.2) is 0 Å². The van der Waals surface area contributed by atoms with Gasteiger partial charge in [0.1, 0.15) is 0 Å². The molecule has 1 rings (SSSR count). The number of hydrogen-bond donors (Lipinski definition) is 2. The zero-order valence-corrected chi connectivity index (χ0v) is 7.94. The maximum Gasteiger partial charge on any atom is 0.0700 e. The molecule has 0 spiro atoms. The van der Waals surface area contributed by atoms with E-state index in [9.17, 15) is 0 Å². The lowest BCUT2D eigenvalue weighted by atomic mass is 10.2. The highest BCUT2D eigenvalue weighted by Gasteiger charge is 2.13. The van der Waals surface area contributed by atoms with E-state index in [-0.39, 0.29) is 0 Å². The van der Waals surface area contributed by atoms with Crippen LogP contribution in [0, 0.1) is 0 Å². The van der Waals surface area contributed by atoms with Crippen LogP contribution in [-0.4, -0.2) is 38.9 Å². The molecule has 0 saturated carbocycles. The molecule has 0 amide bonds. The zero-order valence-electron chi connectivity index (χ0n) is 7.94. The molecule has 0 aromatic carbocycles. The maximum absolute atomic E-state index is 5.48. The van der Waals surface area contributed by atoms with Crippen molar-refractivity contribution in [3.8, 4) is 0 Å². The van der Waals surface area contributed by atoms with E-state index in [0.717, 1.165) is 32.8 Å². The highest BCUT2D eigenvalue weighted by Crippen LogP contribution is 2.10. The summed E-state index contributed by atoms with van der Waals surface area (Å²) in [5.41, 5.74) is 0. The summed E-state index contributed by atoms with van der Waals surface area (Å²) < 4.78 is 5.48. The second kappa shape index (κ2) is 6.40. The Bertz CT molecular complexity index is 103. The molecule has 1 fully saturated rings. The van der Waals surface area contributed by atoms with Crippen LogP contribution < -0.4 is 10.6 Å². The summed E-state index contributed by atoms with van der Waals surface area (Å²) in [4.78, 5) is 0. The molecule has 2 N–H and O–H groups in total. The van der Waals surface area contributed by atoms with Crippen LogP contribution in [-0.2, 0) is 4.74 Å². The van der Waals surface area contributed by atoms with Crippen molar-refractivity contribution in [2.24, 2.45) is 0 Å². The first-order valence-electron chi connectivity index (χ1n) is 4.96. The Morgan fingerprint density at radius 2 is 2.17 bits per heavy atom. The molecule has 3 heteroatoms. The Morgan fingerprint density at radius 3 is 2.83 bits per heavy atom. The number of hydrogen-bond acceptors (Lipinski definition) is 3. The first kappa shape index (κ1) is 9.96. The zero-order chi connectivity index (χ0) is 8.65. The molecule has 0 aliphatic carbocycles. The molecular weight excluding hydrogens is 152 g/mol. The van der Waals surface area contributed by atoms with E-state index in [0.29, 0.717) is 6.10 Å². The summed E-state index contributed by atoms with van der Waals surface area (Å²) in [6, 6.07) is 0. The lowest BCUT2D eigenvalue weighted by Crippen LogP contribution is -2.32. The van der Waals surface area contributed by atoms with Crippen LogP contribution in [0.15, 0.2) is 0 Å². The molecule has 1 atom stereocenters.